The van der Waals surface area contributed by atoms with Crippen molar-refractivity contribution < 1.29 is 32.1 Å². The Labute approximate surface area is 225 Å². The topological polar surface area (TPSA) is 118 Å². The lowest BCUT2D eigenvalue weighted by molar-refractivity contribution is -0.137. The standard InChI is InChI=1S/C28H26ClNO7S/c29-18-10-12-20(13-11-18)38(35,36)37-19-5-1-4-17(16-19)26-27-21(6-2-8-23(27)31)30(15-14-25(33)34)22-7-3-9-24(32)28(22)26/h1,4-5,10-13,16,26H,2-3,6-9,14-15H2,(H,33,34). The molecule has 0 spiro atoms. The second-order valence-corrected chi connectivity index (χ2v) is 11.5. The Kier molecular flexibility index (Phi) is 7.15. The van der Waals surface area contributed by atoms with E-state index in [1.165, 1.54) is 30.3 Å². The molecule has 0 radical (unpaired) electrons. The van der Waals surface area contributed by atoms with Gasteiger partial charge in [-0.15, -0.1) is 0 Å². The van der Waals surface area contributed by atoms with E-state index in [9.17, 15) is 27.9 Å². The van der Waals surface area contributed by atoms with Crippen LogP contribution in [-0.2, 0) is 24.5 Å². The van der Waals surface area contributed by atoms with Gasteiger partial charge in [-0.2, -0.15) is 8.42 Å². The number of carbonyl (C=O) groups is 3. The summed E-state index contributed by atoms with van der Waals surface area (Å²) in [4.78, 5) is 39.9. The predicted octanol–water partition coefficient (Wildman–Crippen LogP) is 5.00. The van der Waals surface area contributed by atoms with E-state index < -0.39 is 22.0 Å². The number of hydrogen-bond donors (Lipinski definition) is 1. The molecule has 1 N–H and O–H groups in total. The second kappa shape index (κ2) is 10.4. The molecule has 0 saturated carbocycles. The lowest BCUT2D eigenvalue weighted by Crippen LogP contribution is -2.39. The van der Waals surface area contributed by atoms with E-state index in [-0.39, 0.29) is 35.2 Å². The first-order valence-corrected chi connectivity index (χ1v) is 14.3. The lowest BCUT2D eigenvalue weighted by atomic mass is 9.71. The van der Waals surface area contributed by atoms with Crippen LogP contribution in [-0.4, -0.2) is 42.5 Å². The van der Waals surface area contributed by atoms with E-state index in [4.69, 9.17) is 15.8 Å². The Hall–Kier alpha value is -3.43. The van der Waals surface area contributed by atoms with Gasteiger partial charge in [-0.3, -0.25) is 14.4 Å². The quantitative estimate of drug-likeness (QED) is 0.474. The molecule has 0 amide bonds. The maximum Gasteiger partial charge on any atom is 0.339 e. The zero-order valence-corrected chi connectivity index (χ0v) is 22.1. The summed E-state index contributed by atoms with van der Waals surface area (Å²) in [5.41, 5.74) is 3.10. The molecule has 0 fully saturated rings. The van der Waals surface area contributed by atoms with Crippen LogP contribution in [0.5, 0.6) is 5.75 Å². The van der Waals surface area contributed by atoms with Crippen LogP contribution in [0.1, 0.15) is 56.4 Å². The van der Waals surface area contributed by atoms with Gasteiger partial charge in [-0.25, -0.2) is 0 Å². The number of Topliss-reactive ketones (excluding diaryl/α,β-unsaturated/α-hetero) is 2. The molecule has 0 bridgehead atoms. The number of carboxylic acids is 1. The number of carbonyl (C=O) groups excluding carboxylic acids is 2. The molecular formula is C28H26ClNO7S. The van der Waals surface area contributed by atoms with Crippen LogP contribution in [0.4, 0.5) is 0 Å². The van der Waals surface area contributed by atoms with E-state index in [0.717, 1.165) is 11.4 Å². The van der Waals surface area contributed by atoms with Gasteiger partial charge in [0.1, 0.15) is 10.6 Å². The minimum absolute atomic E-state index is 0.0565. The number of nitrogens with zero attached hydrogens (tertiary/aromatic N) is 1. The number of benzene rings is 2. The van der Waals surface area contributed by atoms with Gasteiger partial charge in [-0.1, -0.05) is 23.7 Å². The minimum atomic E-state index is -4.15. The number of ketones is 2. The van der Waals surface area contributed by atoms with Gasteiger partial charge in [0, 0.05) is 52.9 Å². The highest BCUT2D eigenvalue weighted by Crippen LogP contribution is 2.49. The fourth-order valence-corrected chi connectivity index (χ4v) is 6.60. The van der Waals surface area contributed by atoms with Crippen LogP contribution in [0.2, 0.25) is 5.02 Å². The zero-order chi connectivity index (χ0) is 27.0. The lowest BCUT2D eigenvalue weighted by Gasteiger charge is -2.44. The third kappa shape index (κ3) is 5.00. The highest BCUT2D eigenvalue weighted by Gasteiger charge is 2.43. The average Bonchev–Trinajstić information content (AvgIpc) is 2.87. The normalized spacial score (nSPS) is 18.4. The van der Waals surface area contributed by atoms with Gasteiger partial charge in [0.05, 0.1) is 6.42 Å². The van der Waals surface area contributed by atoms with E-state index in [2.05, 4.69) is 0 Å². The molecule has 2 aromatic carbocycles. The fraction of sp³-hybridized carbons (Fsp3) is 0.321. The summed E-state index contributed by atoms with van der Waals surface area (Å²) < 4.78 is 31.2. The molecule has 10 heteroatoms. The van der Waals surface area contributed by atoms with Crippen molar-refractivity contribution in [3.05, 3.63) is 81.7 Å². The van der Waals surface area contributed by atoms with E-state index in [0.29, 0.717) is 60.3 Å². The molecule has 2 aliphatic carbocycles. The third-order valence-electron chi connectivity index (χ3n) is 7.14. The highest BCUT2D eigenvalue weighted by atomic mass is 35.5. The summed E-state index contributed by atoms with van der Waals surface area (Å²) in [5.74, 6) is -1.72. The van der Waals surface area contributed by atoms with Crippen molar-refractivity contribution in [2.75, 3.05) is 6.54 Å². The number of hydrogen-bond acceptors (Lipinski definition) is 7. The number of allylic oxidation sites excluding steroid dienone is 4. The van der Waals surface area contributed by atoms with Crippen molar-refractivity contribution in [2.45, 2.75) is 55.8 Å². The Morgan fingerprint density at radius 3 is 2.13 bits per heavy atom. The van der Waals surface area contributed by atoms with Gasteiger partial charge in [-0.05, 0) is 67.6 Å². The fourth-order valence-electron chi connectivity index (χ4n) is 5.55. The molecule has 2 aromatic rings. The summed E-state index contributed by atoms with van der Waals surface area (Å²) in [5, 5.41) is 9.72. The molecule has 0 aromatic heterocycles. The van der Waals surface area contributed by atoms with Crippen molar-refractivity contribution in [1.29, 1.82) is 0 Å². The van der Waals surface area contributed by atoms with Crippen molar-refractivity contribution in [2.24, 2.45) is 0 Å². The van der Waals surface area contributed by atoms with E-state index in [1.54, 1.807) is 18.2 Å². The Balaban J connectivity index is 1.59. The predicted molar refractivity (Wildman–Crippen MR) is 139 cm³/mol. The van der Waals surface area contributed by atoms with Gasteiger partial charge >= 0.3 is 16.1 Å². The van der Waals surface area contributed by atoms with Gasteiger partial charge in [0.15, 0.2) is 11.6 Å². The van der Waals surface area contributed by atoms with Crippen molar-refractivity contribution in [3.63, 3.8) is 0 Å². The van der Waals surface area contributed by atoms with Crippen molar-refractivity contribution in [3.8, 4) is 5.75 Å². The first-order valence-electron chi connectivity index (χ1n) is 12.5. The van der Waals surface area contributed by atoms with E-state index in [1.807, 2.05) is 4.90 Å². The smallest absolute Gasteiger partial charge is 0.339 e. The second-order valence-electron chi connectivity index (χ2n) is 9.57. The van der Waals surface area contributed by atoms with Gasteiger partial charge in [0.2, 0.25) is 0 Å². The zero-order valence-electron chi connectivity index (χ0n) is 20.5. The van der Waals surface area contributed by atoms with Crippen LogP contribution in [0.25, 0.3) is 0 Å². The molecule has 198 valence electrons. The summed E-state index contributed by atoms with van der Waals surface area (Å²) in [6, 6.07) is 12.1. The maximum absolute atomic E-state index is 13.3. The summed E-state index contributed by atoms with van der Waals surface area (Å²) in [6.07, 6.45) is 3.04. The monoisotopic (exact) mass is 555 g/mol. The largest absolute Gasteiger partial charge is 0.481 e. The molecule has 38 heavy (non-hydrogen) atoms. The van der Waals surface area contributed by atoms with Crippen LogP contribution in [0.3, 0.4) is 0 Å². The van der Waals surface area contributed by atoms with Crippen LogP contribution >= 0.6 is 11.6 Å². The number of halogens is 1. The molecule has 8 nitrogen and oxygen atoms in total. The molecule has 1 heterocycles. The average molecular weight is 556 g/mol. The number of aliphatic carboxylic acids is 1. The molecule has 0 saturated heterocycles. The Bertz CT molecular complexity index is 1450. The van der Waals surface area contributed by atoms with Crippen LogP contribution in [0, 0.1) is 0 Å². The molecule has 5 rings (SSSR count). The van der Waals surface area contributed by atoms with Gasteiger partial charge < -0.3 is 14.2 Å². The first-order chi connectivity index (χ1) is 18.2. The SMILES string of the molecule is O=C(O)CCN1C2=C(C(=O)CCC2)C(c2cccc(OS(=O)(=O)c3ccc(Cl)cc3)c2)C2=C1CCCC2=O. The Morgan fingerprint density at radius 2 is 1.55 bits per heavy atom. The minimum Gasteiger partial charge on any atom is -0.481 e. The summed E-state index contributed by atoms with van der Waals surface area (Å²) in [7, 11) is -4.15. The molecule has 1 aliphatic heterocycles. The molecular weight excluding hydrogens is 530 g/mol. The van der Waals surface area contributed by atoms with Crippen molar-refractivity contribution in [1.82, 2.24) is 4.90 Å². The van der Waals surface area contributed by atoms with Crippen molar-refractivity contribution >= 4 is 39.3 Å². The highest BCUT2D eigenvalue weighted by molar-refractivity contribution is 7.87. The summed E-state index contributed by atoms with van der Waals surface area (Å²) in [6.45, 7) is 0.183. The molecule has 0 atom stereocenters. The molecule has 0 unspecified atom stereocenters. The third-order valence-corrected chi connectivity index (χ3v) is 8.65. The Morgan fingerprint density at radius 1 is 0.947 bits per heavy atom. The number of carboxylic acid groups (broad SMARTS) is 1. The molecule has 3 aliphatic rings. The van der Waals surface area contributed by atoms with E-state index >= 15 is 0 Å². The summed E-state index contributed by atoms with van der Waals surface area (Å²) >= 11 is 5.88. The maximum atomic E-state index is 13.3. The van der Waals surface area contributed by atoms with Crippen LogP contribution in [0.15, 0.2) is 76.0 Å². The first kappa shape index (κ1) is 26.2. The number of rotatable bonds is 7. The van der Waals surface area contributed by atoms with Gasteiger partial charge in [0.25, 0.3) is 0 Å². The van der Waals surface area contributed by atoms with Crippen LogP contribution < -0.4 is 4.18 Å².